The maximum absolute atomic E-state index is 14.7. The molecular weight excluding hydrogens is 1680 g/mol. The minimum absolute atomic E-state index is 0.00326. The summed E-state index contributed by atoms with van der Waals surface area (Å²) < 4.78 is 48.9. The molecule has 7 heteroatoms. The normalized spacial score (nSPS) is 24.4. The Morgan fingerprint density at radius 3 is 1.98 bits per heavy atom. The summed E-state index contributed by atoms with van der Waals surface area (Å²) in [4.78, 5) is 5.41. The average Bonchev–Trinajstić information content (AvgIpc) is 1.54. The van der Waals surface area contributed by atoms with E-state index >= 15 is 0 Å². The molecule has 137 heavy (non-hydrogen) atoms. The Hall–Kier alpha value is -12.6. The molecular formula is C130H132F2N2O3. The second kappa shape index (κ2) is 38.8. The molecule has 1 aromatic heterocycles. The first-order valence-electron chi connectivity index (χ1n) is 51.3. The number of furan rings is 1. The summed E-state index contributed by atoms with van der Waals surface area (Å²) in [6, 6.07) is 67.3. The van der Waals surface area contributed by atoms with Crippen LogP contribution in [-0.2, 0) is 27.4 Å². The second-order valence-corrected chi connectivity index (χ2v) is 42.6. The average molecular weight is 1810 g/mol. The molecule has 0 saturated heterocycles. The van der Waals surface area contributed by atoms with Gasteiger partial charge < -0.3 is 23.7 Å². The molecule has 12 aliphatic rings. The van der Waals surface area contributed by atoms with Gasteiger partial charge in [0, 0.05) is 50.8 Å². The molecule has 0 bridgehead atoms. The van der Waals surface area contributed by atoms with Crippen molar-refractivity contribution in [3.63, 3.8) is 0 Å². The highest BCUT2D eigenvalue weighted by Crippen LogP contribution is 2.65. The van der Waals surface area contributed by atoms with Crippen molar-refractivity contribution in [2.45, 2.75) is 217 Å². The van der Waals surface area contributed by atoms with Crippen LogP contribution in [0.3, 0.4) is 0 Å². The number of rotatable bonds is 28. The van der Waals surface area contributed by atoms with E-state index in [0.29, 0.717) is 31.3 Å². The fraction of sp³-hybridized carbons (Fsp3) is 0.323. The Morgan fingerprint density at radius 2 is 1.28 bits per heavy atom. The Morgan fingerprint density at radius 1 is 0.540 bits per heavy atom. The first kappa shape index (κ1) is 90.9. The number of ether oxygens (including phenoxy) is 2. The molecule has 0 N–H and O–H groups in total. The molecule has 12 aliphatic carbocycles. The van der Waals surface area contributed by atoms with Gasteiger partial charge in [0.05, 0.1) is 30.7 Å². The molecule has 8 aromatic carbocycles. The lowest BCUT2D eigenvalue weighted by molar-refractivity contribution is 0.215. The van der Waals surface area contributed by atoms with Crippen LogP contribution in [0.15, 0.2) is 407 Å². The van der Waals surface area contributed by atoms with Gasteiger partial charge in [0.1, 0.15) is 34.7 Å². The van der Waals surface area contributed by atoms with Crippen molar-refractivity contribution in [2.75, 3.05) is 23.0 Å². The fourth-order valence-electron chi connectivity index (χ4n) is 24.9. The summed E-state index contributed by atoms with van der Waals surface area (Å²) in [5, 5.41) is 2.17. The number of hydrogen-bond acceptors (Lipinski definition) is 5. The van der Waals surface area contributed by atoms with Crippen molar-refractivity contribution in [3.8, 4) is 16.9 Å². The largest absolute Gasteiger partial charge is 0.494 e. The highest BCUT2D eigenvalue weighted by atomic mass is 19.1. The molecule has 5 nitrogen and oxygen atoms in total. The zero-order valence-electron chi connectivity index (χ0n) is 81.1. The minimum atomic E-state index is -0.781. The lowest BCUT2D eigenvalue weighted by Crippen LogP contribution is -2.45. The standard InChI is InChI=1S/C130H132F2N2O3/c1-9-87-35-71-113(72-36-87)135-79-17-15-21-89-31-47-101(48-32-89)129(103-55-51-99(52-56-103)127(3,4)5)121-29-13-11-27-115(121)117-75-67-111(85-123(117)129)133(107-63-43-93(44-64-107)97-25-19-23-95(81-97)91-39-59-105(131)60-40-91)109-69-77-125-119(83-109)120-84-110(70-78-126(120)137-125)134(108-65-45-94(46-66-108)98-26-20-24-96(82-98)92-41-61-106(132)62-42-92)112-68-76-118-116-28-12-14-30-122(116)130(124(118)86-112,104-57-53-100(54-58-104)128(6,7)8)102-49-33-90(34-50-102)22-16-18-80-136-114-73-37-88(10-2)38-74-114/h9-10,13-14,19-20,23-26,29-33,35-37,39,41-45,47-49,51,53-58,61-65,67-78,81,83-84,88,98-99,105,111-112,118,124H,1-2,11-12,15-18,21-22,27-28,34,38,40,46,50,52,59-60,66,79-80,82,85-86H2,3-8H3. The quantitative estimate of drug-likeness (QED) is 0.0361. The van der Waals surface area contributed by atoms with E-state index in [1.165, 1.54) is 89.2 Å². The zero-order chi connectivity index (χ0) is 93.5. The van der Waals surface area contributed by atoms with Gasteiger partial charge in [-0.25, -0.2) is 8.78 Å². The molecule has 10 atom stereocenters. The number of anilines is 3. The van der Waals surface area contributed by atoms with Gasteiger partial charge in [0.2, 0.25) is 0 Å². The Kier molecular flexibility index (Phi) is 25.7. The molecule has 21 rings (SSSR count). The Balaban J connectivity index is 0.664. The monoisotopic (exact) mass is 1810 g/mol. The van der Waals surface area contributed by atoms with E-state index in [-0.39, 0.29) is 51.9 Å². The van der Waals surface area contributed by atoms with Crippen molar-refractivity contribution in [1.29, 1.82) is 0 Å². The summed E-state index contributed by atoms with van der Waals surface area (Å²) in [5.41, 5.74) is 33.9. The second-order valence-electron chi connectivity index (χ2n) is 42.6. The predicted octanol–water partition coefficient (Wildman–Crippen LogP) is 34.3. The highest BCUT2D eigenvalue weighted by Gasteiger charge is 2.58. The van der Waals surface area contributed by atoms with Gasteiger partial charge in [-0.3, -0.25) is 0 Å². The van der Waals surface area contributed by atoms with Crippen molar-refractivity contribution in [3.05, 3.63) is 447 Å². The Bertz CT molecular complexity index is 6760. The van der Waals surface area contributed by atoms with Crippen molar-refractivity contribution < 1.29 is 22.7 Å². The maximum atomic E-state index is 14.7. The third-order valence-electron chi connectivity index (χ3n) is 32.4. The molecule has 9 aromatic rings. The minimum Gasteiger partial charge on any atom is -0.494 e. The number of unbranched alkanes of at least 4 members (excludes halogenated alkanes) is 2. The summed E-state index contributed by atoms with van der Waals surface area (Å²) in [6.45, 7) is 23.6. The third kappa shape index (κ3) is 18.1. The number of benzene rings is 8. The van der Waals surface area contributed by atoms with Crippen LogP contribution in [0.25, 0.3) is 50.3 Å². The molecule has 694 valence electrons. The van der Waals surface area contributed by atoms with Gasteiger partial charge in [-0.15, -0.1) is 6.58 Å². The maximum Gasteiger partial charge on any atom is 0.135 e. The number of halogens is 2. The van der Waals surface area contributed by atoms with Crippen LogP contribution in [-0.4, -0.2) is 31.5 Å². The van der Waals surface area contributed by atoms with Crippen molar-refractivity contribution in [2.24, 2.45) is 35.0 Å². The third-order valence-corrected chi connectivity index (χ3v) is 32.4. The van der Waals surface area contributed by atoms with Crippen molar-refractivity contribution >= 4 is 56.2 Å². The van der Waals surface area contributed by atoms with E-state index in [0.717, 1.165) is 208 Å². The van der Waals surface area contributed by atoms with Gasteiger partial charge in [0.15, 0.2) is 0 Å². The molecule has 0 saturated carbocycles. The molecule has 0 fully saturated rings. The van der Waals surface area contributed by atoms with Gasteiger partial charge >= 0.3 is 0 Å². The first-order valence-corrected chi connectivity index (χ1v) is 51.3. The fourth-order valence-corrected chi connectivity index (χ4v) is 24.9. The van der Waals surface area contributed by atoms with E-state index in [1.54, 1.807) is 23.3 Å². The molecule has 1 heterocycles. The molecule has 10 unspecified atom stereocenters. The SMILES string of the molecule is C=Cc1ccc(OCCCCc2ccc(C3(C4=CCC(C(C)(C)C)C=C4)C4=C(CCC=C4)C4=C3CC(N(c3ccc(-c5cccc(C6=CCC(F)CC6)c5)cc3)c3ccc5oc6ccc(N(C7=CC=C(C8C=CC=C(c9ccc(F)cc9)C8)CC7)C7C=CC8C9=C(C=CCC9)C(C9=CC=C(CCCCOC%10=CCC(C=C)C=C%10)CC9)(c9ccc(C(C)(C)C)cc9)C8C7)cc6c5c3)C=C4)cc2)cc1. The lowest BCUT2D eigenvalue weighted by atomic mass is 9.58. The van der Waals surface area contributed by atoms with Crippen LogP contribution in [0.2, 0.25) is 0 Å². The summed E-state index contributed by atoms with van der Waals surface area (Å²) in [6.07, 6.45) is 77.1. The van der Waals surface area contributed by atoms with E-state index in [2.05, 4.69) is 344 Å². The van der Waals surface area contributed by atoms with E-state index in [4.69, 9.17) is 13.9 Å². The van der Waals surface area contributed by atoms with Crippen LogP contribution in [0.1, 0.15) is 215 Å². The van der Waals surface area contributed by atoms with Crippen LogP contribution in [0.4, 0.5) is 25.8 Å². The van der Waals surface area contributed by atoms with Crippen LogP contribution in [0.5, 0.6) is 5.75 Å². The molecule has 0 radical (unpaired) electrons. The number of fused-ring (bicyclic) bond motifs is 6. The zero-order valence-corrected chi connectivity index (χ0v) is 81.1. The van der Waals surface area contributed by atoms with E-state index in [9.17, 15) is 8.78 Å². The van der Waals surface area contributed by atoms with Crippen LogP contribution < -0.4 is 14.5 Å². The van der Waals surface area contributed by atoms with E-state index in [1.807, 2.05) is 36.4 Å². The van der Waals surface area contributed by atoms with E-state index < -0.39 is 11.6 Å². The first-order chi connectivity index (χ1) is 66.8. The number of aryl methyl sites for hydroxylation is 1. The molecule has 0 aliphatic heterocycles. The summed E-state index contributed by atoms with van der Waals surface area (Å²) >= 11 is 0. The van der Waals surface area contributed by atoms with Gasteiger partial charge in [-0.2, -0.15) is 0 Å². The number of hydrogen-bond donors (Lipinski definition) is 0. The number of allylic oxidation sites excluding steroid dienone is 33. The summed E-state index contributed by atoms with van der Waals surface area (Å²) in [7, 11) is 0. The topological polar surface area (TPSA) is 38.1 Å². The highest BCUT2D eigenvalue weighted by molar-refractivity contribution is 6.07. The number of nitrogens with zero attached hydrogens (tertiary/aromatic N) is 2. The van der Waals surface area contributed by atoms with Gasteiger partial charge in [0.25, 0.3) is 0 Å². The smallest absolute Gasteiger partial charge is 0.135 e. The summed E-state index contributed by atoms with van der Waals surface area (Å²) in [5.74, 6) is 3.18. The van der Waals surface area contributed by atoms with Gasteiger partial charge in [-0.05, 0) is 362 Å². The molecule has 0 amide bonds. The number of alkyl halides is 1. The van der Waals surface area contributed by atoms with Gasteiger partial charge in [-0.1, -0.05) is 301 Å². The van der Waals surface area contributed by atoms with Crippen LogP contribution >= 0.6 is 0 Å². The van der Waals surface area contributed by atoms with Crippen LogP contribution in [0, 0.1) is 40.8 Å². The van der Waals surface area contributed by atoms with Crippen molar-refractivity contribution in [1.82, 2.24) is 0 Å². The molecule has 0 spiro atoms. The Labute approximate surface area is 812 Å². The predicted molar refractivity (Wildman–Crippen MR) is 569 cm³/mol. The lowest BCUT2D eigenvalue weighted by Gasteiger charge is -2.47.